The average Bonchev–Trinajstić information content (AvgIpc) is 3.13. The van der Waals surface area contributed by atoms with Crippen LogP contribution in [0.25, 0.3) is 0 Å². The molecule has 3 rings (SSSR count). The van der Waals surface area contributed by atoms with Gasteiger partial charge in [0.25, 0.3) is 0 Å². The van der Waals surface area contributed by atoms with E-state index in [9.17, 15) is 0 Å². The summed E-state index contributed by atoms with van der Waals surface area (Å²) < 4.78 is 7.87. The molecule has 112 valence electrons. The minimum absolute atomic E-state index is 0.174. The van der Waals surface area contributed by atoms with E-state index in [-0.39, 0.29) is 5.41 Å². The molecule has 0 aromatic carbocycles. The van der Waals surface area contributed by atoms with Crippen LogP contribution in [0, 0.1) is 18.3 Å². The normalized spacial score (nSPS) is 30.1. The highest BCUT2D eigenvalue weighted by Crippen LogP contribution is 2.49. The Labute approximate surface area is 125 Å². The van der Waals surface area contributed by atoms with Crippen molar-refractivity contribution >= 4 is 11.6 Å². The molecule has 1 aliphatic heterocycles. The zero-order valence-corrected chi connectivity index (χ0v) is 13.3. The highest BCUT2D eigenvalue weighted by molar-refractivity contribution is 6.30. The zero-order chi connectivity index (χ0) is 14.3. The molecule has 1 saturated carbocycles. The molecule has 2 unspecified atom stereocenters. The third-order valence-electron chi connectivity index (χ3n) is 4.88. The first-order valence-corrected chi connectivity index (χ1v) is 7.89. The van der Waals surface area contributed by atoms with Gasteiger partial charge in [-0.2, -0.15) is 5.10 Å². The van der Waals surface area contributed by atoms with Crippen LogP contribution in [0.5, 0.6) is 0 Å². The number of aryl methyl sites for hydroxylation is 2. The Morgan fingerprint density at radius 2 is 2.25 bits per heavy atom. The number of hydrogen-bond donors (Lipinski definition) is 1. The van der Waals surface area contributed by atoms with E-state index in [1.165, 1.54) is 18.4 Å². The second kappa shape index (κ2) is 5.32. The predicted molar refractivity (Wildman–Crippen MR) is 80.1 cm³/mol. The fraction of sp³-hybridized carbons (Fsp3) is 0.800. The monoisotopic (exact) mass is 297 g/mol. The van der Waals surface area contributed by atoms with Crippen molar-refractivity contribution in [2.24, 2.45) is 18.4 Å². The number of aromatic nitrogens is 2. The zero-order valence-electron chi connectivity index (χ0n) is 12.6. The van der Waals surface area contributed by atoms with Gasteiger partial charge < -0.3 is 10.1 Å². The number of nitrogens with zero attached hydrogens (tertiary/aromatic N) is 2. The third kappa shape index (κ3) is 2.38. The lowest BCUT2D eigenvalue weighted by atomic mass is 9.74. The molecule has 0 amide bonds. The first-order chi connectivity index (χ1) is 9.57. The Balaban J connectivity index is 1.90. The van der Waals surface area contributed by atoms with Crippen LogP contribution >= 0.6 is 11.6 Å². The van der Waals surface area contributed by atoms with Gasteiger partial charge in [-0.25, -0.2) is 0 Å². The van der Waals surface area contributed by atoms with Crippen LogP contribution in [0.3, 0.4) is 0 Å². The van der Waals surface area contributed by atoms with Gasteiger partial charge in [-0.3, -0.25) is 4.68 Å². The van der Waals surface area contributed by atoms with Crippen LogP contribution in [0.15, 0.2) is 0 Å². The molecule has 1 aliphatic carbocycles. The highest BCUT2D eigenvalue weighted by Gasteiger charge is 2.51. The average molecular weight is 298 g/mol. The molecular formula is C15H24ClN3O. The van der Waals surface area contributed by atoms with Crippen LogP contribution < -0.4 is 5.32 Å². The van der Waals surface area contributed by atoms with E-state index < -0.39 is 0 Å². The number of nitrogens with one attached hydrogen (secondary N) is 1. The summed E-state index contributed by atoms with van der Waals surface area (Å²) in [6.45, 7) is 3.91. The number of halogens is 1. The first-order valence-electron chi connectivity index (χ1n) is 7.51. The van der Waals surface area contributed by atoms with Crippen molar-refractivity contribution in [2.45, 2.75) is 38.7 Å². The van der Waals surface area contributed by atoms with E-state index in [2.05, 4.69) is 17.3 Å². The smallest absolute Gasteiger partial charge is 0.130 e. The summed E-state index contributed by atoms with van der Waals surface area (Å²) in [5.74, 6) is 0.751. The molecule has 5 heteroatoms. The molecule has 1 N–H and O–H groups in total. The van der Waals surface area contributed by atoms with E-state index in [0.717, 1.165) is 42.8 Å². The Kier molecular flexibility index (Phi) is 3.82. The molecule has 1 aromatic rings. The van der Waals surface area contributed by atoms with Crippen molar-refractivity contribution < 1.29 is 4.74 Å². The summed E-state index contributed by atoms with van der Waals surface area (Å²) in [5.41, 5.74) is 2.42. The van der Waals surface area contributed by atoms with Crippen LogP contribution in [0.1, 0.15) is 30.5 Å². The predicted octanol–water partition coefficient (Wildman–Crippen LogP) is 2.33. The van der Waals surface area contributed by atoms with Gasteiger partial charge in [0.2, 0.25) is 0 Å². The molecule has 1 aromatic heterocycles. The molecule has 0 radical (unpaired) electrons. The molecule has 0 bridgehead atoms. The van der Waals surface area contributed by atoms with Gasteiger partial charge in [0.15, 0.2) is 0 Å². The Bertz CT molecular complexity index is 498. The number of rotatable bonds is 5. The largest absolute Gasteiger partial charge is 0.377 e. The lowest BCUT2D eigenvalue weighted by molar-refractivity contribution is 0.0314. The Morgan fingerprint density at radius 3 is 2.80 bits per heavy atom. The topological polar surface area (TPSA) is 39.1 Å². The lowest BCUT2D eigenvalue weighted by Crippen LogP contribution is -2.42. The summed E-state index contributed by atoms with van der Waals surface area (Å²) in [7, 11) is 3.94. The molecule has 1 saturated heterocycles. The van der Waals surface area contributed by atoms with Gasteiger partial charge >= 0.3 is 0 Å². The van der Waals surface area contributed by atoms with Gasteiger partial charge in [-0.1, -0.05) is 11.6 Å². The number of ether oxygens (including phenoxy) is 1. The van der Waals surface area contributed by atoms with Gasteiger partial charge in [-0.15, -0.1) is 0 Å². The minimum atomic E-state index is 0.174. The first kappa shape index (κ1) is 14.4. The van der Waals surface area contributed by atoms with E-state index >= 15 is 0 Å². The fourth-order valence-electron chi connectivity index (χ4n) is 3.76. The van der Waals surface area contributed by atoms with Crippen molar-refractivity contribution in [2.75, 3.05) is 20.2 Å². The minimum Gasteiger partial charge on any atom is -0.377 e. The summed E-state index contributed by atoms with van der Waals surface area (Å²) in [6.07, 6.45) is 5.09. The second-order valence-electron chi connectivity index (χ2n) is 6.43. The van der Waals surface area contributed by atoms with Crippen LogP contribution in [0.2, 0.25) is 5.15 Å². The Morgan fingerprint density at radius 1 is 1.50 bits per heavy atom. The molecule has 4 nitrogen and oxygen atoms in total. The number of hydrogen-bond acceptors (Lipinski definition) is 3. The molecule has 2 aliphatic rings. The van der Waals surface area contributed by atoms with Crippen molar-refractivity contribution in [3.63, 3.8) is 0 Å². The van der Waals surface area contributed by atoms with Crippen LogP contribution in [-0.4, -0.2) is 36.1 Å². The van der Waals surface area contributed by atoms with Gasteiger partial charge in [-0.05, 0) is 45.6 Å². The van der Waals surface area contributed by atoms with Gasteiger partial charge in [0.05, 0.1) is 11.8 Å². The van der Waals surface area contributed by atoms with Crippen molar-refractivity contribution in [3.8, 4) is 0 Å². The standard InChI is InChI=1S/C15H24ClN3O/c1-10-12(14(16)19(3)18-10)8-15(9-17-2)6-7-20-13(15)11-4-5-11/h11,13,17H,4-9H2,1-3H3. The second-order valence-corrected chi connectivity index (χ2v) is 6.78. The maximum absolute atomic E-state index is 6.44. The summed E-state index contributed by atoms with van der Waals surface area (Å²) >= 11 is 6.44. The Hall–Kier alpha value is -0.580. The lowest BCUT2D eigenvalue weighted by Gasteiger charge is -2.34. The van der Waals surface area contributed by atoms with E-state index in [0.29, 0.717) is 6.10 Å². The van der Waals surface area contributed by atoms with E-state index in [1.807, 2.05) is 14.1 Å². The van der Waals surface area contributed by atoms with Gasteiger partial charge in [0, 0.05) is 31.2 Å². The fourth-order valence-corrected chi connectivity index (χ4v) is 4.00. The van der Waals surface area contributed by atoms with E-state index in [1.54, 1.807) is 4.68 Å². The van der Waals surface area contributed by atoms with Crippen molar-refractivity contribution in [3.05, 3.63) is 16.4 Å². The summed E-state index contributed by atoms with van der Waals surface area (Å²) in [4.78, 5) is 0. The molecule has 2 heterocycles. The summed E-state index contributed by atoms with van der Waals surface area (Å²) in [6, 6.07) is 0. The third-order valence-corrected chi connectivity index (χ3v) is 5.35. The quantitative estimate of drug-likeness (QED) is 0.907. The molecule has 0 spiro atoms. The van der Waals surface area contributed by atoms with Crippen LogP contribution in [0.4, 0.5) is 0 Å². The highest BCUT2D eigenvalue weighted by atomic mass is 35.5. The van der Waals surface area contributed by atoms with Crippen LogP contribution in [-0.2, 0) is 18.2 Å². The maximum Gasteiger partial charge on any atom is 0.130 e. The molecule has 2 fully saturated rings. The molecule has 2 atom stereocenters. The summed E-state index contributed by atoms with van der Waals surface area (Å²) in [5, 5.41) is 8.61. The maximum atomic E-state index is 6.44. The van der Waals surface area contributed by atoms with Gasteiger partial charge in [0.1, 0.15) is 5.15 Å². The molecule has 20 heavy (non-hydrogen) atoms. The van der Waals surface area contributed by atoms with Crippen molar-refractivity contribution in [1.82, 2.24) is 15.1 Å². The SMILES string of the molecule is CNCC1(Cc2c(C)nn(C)c2Cl)CCOC1C1CC1. The molecular weight excluding hydrogens is 274 g/mol. The van der Waals surface area contributed by atoms with E-state index in [4.69, 9.17) is 16.3 Å². The van der Waals surface area contributed by atoms with Crippen molar-refractivity contribution in [1.29, 1.82) is 0 Å².